The largest absolute Gasteiger partial charge is 0.460 e. The number of carbonyl (C=O) groups excluding carboxylic acids is 1. The van der Waals surface area contributed by atoms with Crippen molar-refractivity contribution in [3.8, 4) is 0 Å². The fraction of sp³-hybridized carbons (Fsp3) is 0.111. The second kappa shape index (κ2) is 6.38. The van der Waals surface area contributed by atoms with Crippen molar-refractivity contribution < 1.29 is 9.21 Å². The summed E-state index contributed by atoms with van der Waals surface area (Å²) in [6.07, 6.45) is 0.00950. The van der Waals surface area contributed by atoms with Gasteiger partial charge in [0.1, 0.15) is 11.3 Å². The van der Waals surface area contributed by atoms with Crippen LogP contribution < -0.4 is 10.7 Å². The molecular weight excluding hydrogens is 358 g/mol. The Morgan fingerprint density at radius 3 is 2.74 bits per heavy atom. The Labute approximate surface area is 141 Å². The number of rotatable bonds is 3. The van der Waals surface area contributed by atoms with Crippen LogP contribution in [0.4, 0.5) is 5.69 Å². The quantitative estimate of drug-likeness (QED) is 0.755. The van der Waals surface area contributed by atoms with Gasteiger partial charge < -0.3 is 9.73 Å². The molecule has 0 aliphatic heterocycles. The van der Waals surface area contributed by atoms with E-state index in [9.17, 15) is 9.59 Å². The smallest absolute Gasteiger partial charge is 0.232 e. The molecule has 116 valence electrons. The van der Waals surface area contributed by atoms with E-state index >= 15 is 0 Å². The summed E-state index contributed by atoms with van der Waals surface area (Å²) in [7, 11) is 0. The zero-order valence-corrected chi connectivity index (χ0v) is 14.0. The topological polar surface area (TPSA) is 59.3 Å². The van der Waals surface area contributed by atoms with Gasteiger partial charge in [0.15, 0.2) is 5.43 Å². The van der Waals surface area contributed by atoms with Gasteiger partial charge >= 0.3 is 0 Å². The monoisotopic (exact) mass is 371 g/mol. The Morgan fingerprint density at radius 2 is 1.96 bits per heavy atom. The van der Waals surface area contributed by atoms with Crippen molar-refractivity contribution in [1.82, 2.24) is 0 Å². The maximum atomic E-state index is 12.2. The highest BCUT2D eigenvalue weighted by Gasteiger charge is 2.10. The number of hydrogen-bond acceptors (Lipinski definition) is 3. The lowest BCUT2D eigenvalue weighted by Crippen LogP contribution is -2.16. The maximum absolute atomic E-state index is 12.2. The Morgan fingerprint density at radius 1 is 1.17 bits per heavy atom. The maximum Gasteiger partial charge on any atom is 0.232 e. The second-order valence-corrected chi connectivity index (χ2v) is 6.17. The van der Waals surface area contributed by atoms with Crippen molar-refractivity contribution in [1.29, 1.82) is 0 Å². The number of fused-ring (bicyclic) bond motifs is 1. The summed E-state index contributed by atoms with van der Waals surface area (Å²) < 4.78 is 6.46. The third-order valence-corrected chi connectivity index (χ3v) is 3.99. The molecule has 0 aliphatic carbocycles. The molecule has 0 saturated heterocycles. The molecule has 1 N–H and O–H groups in total. The number of nitrogens with one attached hydrogen (secondary N) is 1. The number of carbonyl (C=O) groups is 1. The number of amides is 1. The van der Waals surface area contributed by atoms with Gasteiger partial charge in [0.05, 0.1) is 11.8 Å². The number of hydrogen-bond donors (Lipinski definition) is 1. The predicted molar refractivity (Wildman–Crippen MR) is 93.7 cm³/mol. The van der Waals surface area contributed by atoms with E-state index in [2.05, 4.69) is 21.2 Å². The molecule has 2 aromatic carbocycles. The summed E-state index contributed by atoms with van der Waals surface area (Å²) in [5, 5.41) is 3.32. The average molecular weight is 372 g/mol. The number of benzene rings is 2. The summed E-state index contributed by atoms with van der Waals surface area (Å²) in [5.74, 6) is 0.120. The van der Waals surface area contributed by atoms with Crippen LogP contribution in [0, 0.1) is 6.92 Å². The van der Waals surface area contributed by atoms with Gasteiger partial charge in [-0.3, -0.25) is 9.59 Å². The summed E-state index contributed by atoms with van der Waals surface area (Å²) in [5.41, 5.74) is 2.04. The molecule has 0 aliphatic rings. The fourth-order valence-corrected chi connectivity index (χ4v) is 2.69. The molecule has 1 heterocycles. The van der Waals surface area contributed by atoms with Crippen molar-refractivity contribution in [2.75, 3.05) is 5.32 Å². The van der Waals surface area contributed by atoms with Gasteiger partial charge in [-0.1, -0.05) is 34.1 Å². The average Bonchev–Trinajstić information content (AvgIpc) is 2.50. The zero-order chi connectivity index (χ0) is 16.4. The van der Waals surface area contributed by atoms with E-state index in [0.29, 0.717) is 16.7 Å². The van der Waals surface area contributed by atoms with E-state index in [4.69, 9.17) is 4.42 Å². The van der Waals surface area contributed by atoms with E-state index in [0.717, 1.165) is 15.7 Å². The molecule has 4 nitrogen and oxygen atoms in total. The molecule has 0 bridgehead atoms. The first kappa shape index (κ1) is 15.5. The molecule has 1 amide bonds. The van der Waals surface area contributed by atoms with Gasteiger partial charge in [0.25, 0.3) is 0 Å². The minimum Gasteiger partial charge on any atom is -0.460 e. The fourth-order valence-electron chi connectivity index (χ4n) is 2.33. The van der Waals surface area contributed by atoms with E-state index in [1.54, 1.807) is 18.2 Å². The van der Waals surface area contributed by atoms with Gasteiger partial charge in [0, 0.05) is 16.2 Å². The van der Waals surface area contributed by atoms with Gasteiger partial charge in [0.2, 0.25) is 5.91 Å². The molecule has 5 heteroatoms. The van der Waals surface area contributed by atoms with Crippen LogP contribution in [0.2, 0.25) is 0 Å². The third kappa shape index (κ3) is 3.51. The van der Waals surface area contributed by atoms with Crippen molar-refractivity contribution >= 4 is 38.5 Å². The molecular formula is C18H14BrNO3. The molecule has 0 radical (unpaired) electrons. The highest BCUT2D eigenvalue weighted by Crippen LogP contribution is 2.19. The van der Waals surface area contributed by atoms with Crippen LogP contribution in [0.15, 0.2) is 62.2 Å². The standard InChI is InChI=1S/C18H14BrNO3/c1-11-4-2-3-5-15(11)20-18(22)10-13-9-16(21)14-8-12(19)6-7-17(14)23-13/h2-9H,10H2,1H3,(H,20,22). The summed E-state index contributed by atoms with van der Waals surface area (Å²) in [4.78, 5) is 24.3. The predicted octanol–water partition coefficient (Wildman–Crippen LogP) is 4.05. The molecule has 0 saturated carbocycles. The lowest BCUT2D eigenvalue weighted by Gasteiger charge is -2.08. The highest BCUT2D eigenvalue weighted by molar-refractivity contribution is 9.10. The molecule has 0 atom stereocenters. The van der Waals surface area contributed by atoms with Crippen molar-refractivity contribution in [3.63, 3.8) is 0 Å². The summed E-state index contributed by atoms with van der Waals surface area (Å²) in [6, 6.07) is 14.1. The van der Waals surface area contributed by atoms with Crippen LogP contribution in [0.1, 0.15) is 11.3 Å². The first-order valence-corrected chi connectivity index (χ1v) is 7.90. The van der Waals surface area contributed by atoms with Crippen molar-refractivity contribution in [3.05, 3.63) is 74.6 Å². The third-order valence-electron chi connectivity index (χ3n) is 3.49. The zero-order valence-electron chi connectivity index (χ0n) is 12.4. The van der Waals surface area contributed by atoms with Crippen LogP contribution in [0.25, 0.3) is 11.0 Å². The minimum atomic E-state index is -0.223. The van der Waals surface area contributed by atoms with Crippen LogP contribution in [0.3, 0.4) is 0 Å². The number of anilines is 1. The molecule has 3 aromatic rings. The van der Waals surface area contributed by atoms with E-state index < -0.39 is 0 Å². The van der Waals surface area contributed by atoms with Gasteiger partial charge in [-0.15, -0.1) is 0 Å². The first-order chi connectivity index (χ1) is 11.0. The summed E-state index contributed by atoms with van der Waals surface area (Å²) >= 11 is 3.32. The Kier molecular flexibility index (Phi) is 4.30. The Hall–Kier alpha value is -2.40. The van der Waals surface area contributed by atoms with E-state index in [-0.39, 0.29) is 17.8 Å². The van der Waals surface area contributed by atoms with Gasteiger partial charge in [-0.25, -0.2) is 0 Å². The molecule has 0 unspecified atom stereocenters. The van der Waals surface area contributed by atoms with Crippen LogP contribution in [-0.4, -0.2) is 5.91 Å². The van der Waals surface area contributed by atoms with E-state index in [1.165, 1.54) is 6.07 Å². The molecule has 0 fully saturated rings. The van der Waals surface area contributed by atoms with Crippen LogP contribution in [-0.2, 0) is 11.2 Å². The summed E-state index contributed by atoms with van der Waals surface area (Å²) in [6.45, 7) is 1.92. The normalized spacial score (nSPS) is 10.7. The number of aryl methyl sites for hydroxylation is 1. The first-order valence-electron chi connectivity index (χ1n) is 7.11. The van der Waals surface area contributed by atoms with Crippen LogP contribution >= 0.6 is 15.9 Å². The molecule has 3 rings (SSSR count). The molecule has 23 heavy (non-hydrogen) atoms. The SMILES string of the molecule is Cc1ccccc1NC(=O)Cc1cc(=O)c2cc(Br)ccc2o1. The molecule has 0 spiro atoms. The van der Waals surface area contributed by atoms with Gasteiger partial charge in [-0.2, -0.15) is 0 Å². The van der Waals surface area contributed by atoms with E-state index in [1.807, 2.05) is 31.2 Å². The lowest BCUT2D eigenvalue weighted by molar-refractivity contribution is -0.115. The second-order valence-electron chi connectivity index (χ2n) is 5.26. The molecule has 1 aromatic heterocycles. The lowest BCUT2D eigenvalue weighted by atomic mass is 10.2. The van der Waals surface area contributed by atoms with Crippen LogP contribution in [0.5, 0.6) is 0 Å². The highest BCUT2D eigenvalue weighted by atomic mass is 79.9. The van der Waals surface area contributed by atoms with Crippen molar-refractivity contribution in [2.24, 2.45) is 0 Å². The Balaban J connectivity index is 1.84. The minimum absolute atomic E-state index is 0.00950. The van der Waals surface area contributed by atoms with Crippen molar-refractivity contribution in [2.45, 2.75) is 13.3 Å². The number of halogens is 1. The Bertz CT molecular complexity index is 946. The number of para-hydroxylation sites is 1. The van der Waals surface area contributed by atoms with Gasteiger partial charge in [-0.05, 0) is 36.8 Å².